The molecule has 0 aliphatic heterocycles. The summed E-state index contributed by atoms with van der Waals surface area (Å²) in [5, 5.41) is 0.838. The van der Waals surface area contributed by atoms with Gasteiger partial charge in [0, 0.05) is 36.8 Å². The Balaban J connectivity index is 1.61. The van der Waals surface area contributed by atoms with Crippen LogP contribution in [0, 0.1) is 0 Å². The van der Waals surface area contributed by atoms with Gasteiger partial charge in [0.1, 0.15) is 12.2 Å². The minimum absolute atomic E-state index is 0.0336. The molecule has 0 atom stereocenters. The molecule has 0 amide bonds. The lowest BCUT2D eigenvalue weighted by atomic mass is 10.0. The topological polar surface area (TPSA) is 59.8 Å². The van der Waals surface area contributed by atoms with Crippen molar-refractivity contribution in [2.75, 3.05) is 19.0 Å². The summed E-state index contributed by atoms with van der Waals surface area (Å²) in [7, 11) is 3.83. The fraction of sp³-hybridized carbons (Fsp3) is 0.273. The molecule has 3 aromatic rings. The zero-order valence-corrected chi connectivity index (χ0v) is 15.5. The van der Waals surface area contributed by atoms with Crippen molar-refractivity contribution in [3.63, 3.8) is 0 Å². The number of hydrogen-bond donors (Lipinski definition) is 0. The predicted octanol–water partition coefficient (Wildman–Crippen LogP) is 3.70. The Morgan fingerprint density at radius 2 is 1.89 bits per heavy atom. The highest BCUT2D eigenvalue weighted by atomic mass is 16.5. The summed E-state index contributed by atoms with van der Waals surface area (Å²) >= 11 is 0. The van der Waals surface area contributed by atoms with Gasteiger partial charge in [-0.2, -0.15) is 0 Å². The number of benzene rings is 2. The van der Waals surface area contributed by atoms with E-state index < -0.39 is 11.6 Å². The molecule has 0 unspecified atom stereocenters. The minimum atomic E-state index is -0.430. The molecule has 1 aliphatic rings. The molecule has 0 saturated heterocycles. The van der Waals surface area contributed by atoms with Crippen molar-refractivity contribution in [1.29, 1.82) is 0 Å². The van der Waals surface area contributed by atoms with Crippen molar-refractivity contribution in [2.24, 2.45) is 0 Å². The average Bonchev–Trinajstić information content (AvgIpc) is 3.11. The standard InChI is InChI=1S/C22H21NO4/c1-23(2)18-8-4-7-16(9-18)22(25)26-13-17-12-21(24)27-20-11-15-6-3-5-14(15)10-19(17)20/h4,7-12H,3,5-6,13H2,1-2H3. The molecule has 0 spiro atoms. The largest absolute Gasteiger partial charge is 0.457 e. The maximum atomic E-state index is 12.5. The van der Waals surface area contributed by atoms with Crippen molar-refractivity contribution < 1.29 is 13.9 Å². The summed E-state index contributed by atoms with van der Waals surface area (Å²) in [4.78, 5) is 26.3. The molecular formula is C22H21NO4. The van der Waals surface area contributed by atoms with Crippen LogP contribution >= 0.6 is 0 Å². The van der Waals surface area contributed by atoms with Gasteiger partial charge in [-0.15, -0.1) is 0 Å². The van der Waals surface area contributed by atoms with Crippen LogP contribution in [0.2, 0.25) is 0 Å². The number of aryl methyl sites for hydroxylation is 2. The summed E-state index contributed by atoms with van der Waals surface area (Å²) in [6.07, 6.45) is 3.15. The van der Waals surface area contributed by atoms with E-state index in [1.807, 2.05) is 37.2 Å². The second-order valence-electron chi connectivity index (χ2n) is 7.08. The highest BCUT2D eigenvalue weighted by molar-refractivity contribution is 5.91. The highest BCUT2D eigenvalue weighted by Gasteiger charge is 2.16. The van der Waals surface area contributed by atoms with Gasteiger partial charge in [-0.05, 0) is 60.7 Å². The van der Waals surface area contributed by atoms with Crippen LogP contribution < -0.4 is 10.5 Å². The zero-order chi connectivity index (χ0) is 19.0. The molecular weight excluding hydrogens is 342 g/mol. The molecule has 0 radical (unpaired) electrons. The van der Waals surface area contributed by atoms with Crippen molar-refractivity contribution in [3.05, 3.63) is 75.1 Å². The van der Waals surface area contributed by atoms with E-state index in [0.717, 1.165) is 30.3 Å². The van der Waals surface area contributed by atoms with Crippen molar-refractivity contribution in [2.45, 2.75) is 25.9 Å². The van der Waals surface area contributed by atoms with Gasteiger partial charge in [0.2, 0.25) is 0 Å². The molecule has 0 N–H and O–H groups in total. The summed E-state index contributed by atoms with van der Waals surface area (Å²) in [5.41, 5.74) is 4.72. The van der Waals surface area contributed by atoms with Gasteiger partial charge in [0.15, 0.2) is 0 Å². The SMILES string of the molecule is CN(C)c1cccc(C(=O)OCc2cc(=O)oc3cc4c(cc23)CCC4)c1. The van der Waals surface area contributed by atoms with Crippen LogP contribution in [0.1, 0.15) is 33.5 Å². The number of carbonyl (C=O) groups excluding carboxylic acids is 1. The maximum Gasteiger partial charge on any atom is 0.338 e. The zero-order valence-electron chi connectivity index (χ0n) is 15.5. The minimum Gasteiger partial charge on any atom is -0.457 e. The third-order valence-electron chi connectivity index (χ3n) is 5.00. The third-order valence-corrected chi connectivity index (χ3v) is 5.00. The second-order valence-corrected chi connectivity index (χ2v) is 7.08. The number of hydrogen-bond acceptors (Lipinski definition) is 5. The number of ether oxygens (including phenoxy) is 1. The summed E-state index contributed by atoms with van der Waals surface area (Å²) < 4.78 is 10.9. The highest BCUT2D eigenvalue weighted by Crippen LogP contribution is 2.29. The van der Waals surface area contributed by atoms with Crippen molar-refractivity contribution >= 4 is 22.6 Å². The summed E-state index contributed by atoms with van der Waals surface area (Å²) in [6, 6.07) is 12.7. The first-order valence-corrected chi connectivity index (χ1v) is 9.04. The number of fused-ring (bicyclic) bond motifs is 2. The maximum absolute atomic E-state index is 12.5. The molecule has 4 rings (SSSR count). The molecule has 5 heteroatoms. The van der Waals surface area contributed by atoms with Crippen molar-refractivity contribution in [1.82, 2.24) is 0 Å². The molecule has 1 aliphatic carbocycles. The summed E-state index contributed by atoms with van der Waals surface area (Å²) in [6.45, 7) is 0.0336. The van der Waals surface area contributed by atoms with Crippen LogP contribution in [0.25, 0.3) is 11.0 Å². The van der Waals surface area contributed by atoms with E-state index in [-0.39, 0.29) is 6.61 Å². The van der Waals surface area contributed by atoms with Gasteiger partial charge in [-0.25, -0.2) is 9.59 Å². The molecule has 138 valence electrons. The first-order chi connectivity index (χ1) is 13.0. The Morgan fingerprint density at radius 3 is 2.67 bits per heavy atom. The van der Waals surface area contributed by atoms with Crippen LogP contribution in [0.5, 0.6) is 0 Å². The Morgan fingerprint density at radius 1 is 1.11 bits per heavy atom. The van der Waals surface area contributed by atoms with Gasteiger partial charge >= 0.3 is 11.6 Å². The predicted molar refractivity (Wildman–Crippen MR) is 104 cm³/mol. The van der Waals surface area contributed by atoms with E-state index >= 15 is 0 Å². The second kappa shape index (κ2) is 6.91. The normalized spacial score (nSPS) is 12.8. The lowest BCUT2D eigenvalue weighted by Crippen LogP contribution is -2.11. The number of nitrogens with zero attached hydrogens (tertiary/aromatic N) is 1. The molecule has 2 aromatic carbocycles. The van der Waals surface area contributed by atoms with Crippen LogP contribution in [-0.2, 0) is 24.2 Å². The first-order valence-electron chi connectivity index (χ1n) is 9.04. The van der Waals surface area contributed by atoms with E-state index in [0.29, 0.717) is 16.7 Å². The monoisotopic (exact) mass is 363 g/mol. The Kier molecular flexibility index (Phi) is 4.44. The molecule has 1 heterocycles. The van der Waals surface area contributed by atoms with Gasteiger partial charge in [0.05, 0.1) is 5.56 Å². The van der Waals surface area contributed by atoms with Crippen LogP contribution in [-0.4, -0.2) is 20.1 Å². The van der Waals surface area contributed by atoms with Gasteiger partial charge in [-0.3, -0.25) is 0 Å². The number of carbonyl (C=O) groups is 1. The van der Waals surface area contributed by atoms with Gasteiger partial charge in [0.25, 0.3) is 0 Å². The smallest absolute Gasteiger partial charge is 0.338 e. The molecule has 1 aromatic heterocycles. The molecule has 5 nitrogen and oxygen atoms in total. The van der Waals surface area contributed by atoms with E-state index in [4.69, 9.17) is 9.15 Å². The van der Waals surface area contributed by atoms with Crippen LogP contribution in [0.4, 0.5) is 5.69 Å². The van der Waals surface area contributed by atoms with Gasteiger partial charge < -0.3 is 14.1 Å². The molecule has 0 saturated carbocycles. The van der Waals surface area contributed by atoms with E-state index in [2.05, 4.69) is 6.07 Å². The van der Waals surface area contributed by atoms with Gasteiger partial charge in [-0.1, -0.05) is 6.07 Å². The molecule has 0 bridgehead atoms. The number of rotatable bonds is 4. The first kappa shape index (κ1) is 17.3. The quantitative estimate of drug-likeness (QED) is 0.522. The summed E-state index contributed by atoms with van der Waals surface area (Å²) in [5.74, 6) is -0.416. The van der Waals surface area contributed by atoms with E-state index in [1.165, 1.54) is 17.2 Å². The Bertz CT molecular complexity index is 1080. The number of esters is 1. The molecule has 27 heavy (non-hydrogen) atoms. The Labute approximate surface area is 157 Å². The van der Waals surface area contributed by atoms with E-state index in [1.54, 1.807) is 12.1 Å². The van der Waals surface area contributed by atoms with Crippen LogP contribution in [0.3, 0.4) is 0 Å². The molecule has 0 fully saturated rings. The average molecular weight is 363 g/mol. The lowest BCUT2D eigenvalue weighted by molar-refractivity contribution is 0.0474. The van der Waals surface area contributed by atoms with Crippen molar-refractivity contribution in [3.8, 4) is 0 Å². The van der Waals surface area contributed by atoms with E-state index in [9.17, 15) is 9.59 Å². The van der Waals surface area contributed by atoms with Crippen LogP contribution in [0.15, 0.2) is 51.7 Å². The lowest BCUT2D eigenvalue weighted by Gasteiger charge is -2.13. The number of anilines is 1. The Hall–Kier alpha value is -3.08. The fourth-order valence-electron chi connectivity index (χ4n) is 3.55. The third kappa shape index (κ3) is 3.45. The fourth-order valence-corrected chi connectivity index (χ4v) is 3.55.